The fourth-order valence-corrected chi connectivity index (χ4v) is 4.88. The summed E-state index contributed by atoms with van der Waals surface area (Å²) in [5, 5.41) is 8.98. The summed E-state index contributed by atoms with van der Waals surface area (Å²) >= 11 is 0. The molecule has 2 aliphatic carbocycles. The van der Waals surface area contributed by atoms with Crippen molar-refractivity contribution in [2.24, 2.45) is 17.8 Å². The van der Waals surface area contributed by atoms with Crippen molar-refractivity contribution in [2.45, 2.75) is 95.9 Å². The molecule has 3 fully saturated rings. The van der Waals surface area contributed by atoms with Crippen LogP contribution in [0, 0.1) is 29.1 Å². The summed E-state index contributed by atoms with van der Waals surface area (Å²) in [7, 11) is -0.0827. The van der Waals surface area contributed by atoms with Crippen LogP contribution in [0.2, 0.25) is 5.82 Å². The van der Waals surface area contributed by atoms with Gasteiger partial charge in [0.2, 0.25) is 0 Å². The molecule has 0 aromatic heterocycles. The number of ether oxygens (including phenoxy) is 1. The number of unbranched alkanes of at least 4 members (excludes halogenated alkanes) is 2. The van der Waals surface area contributed by atoms with Gasteiger partial charge in [-0.05, 0) is 50.8 Å². The molecule has 5 nitrogen and oxygen atoms in total. The van der Waals surface area contributed by atoms with E-state index in [1.54, 1.807) is 0 Å². The van der Waals surface area contributed by atoms with E-state index in [1.807, 2.05) is 0 Å². The molecule has 0 aromatic carbocycles. The molecule has 1 saturated heterocycles. The van der Waals surface area contributed by atoms with Crippen LogP contribution in [0.1, 0.15) is 84.0 Å². The summed E-state index contributed by atoms with van der Waals surface area (Å²) in [6, 6.07) is 2.33. The molecule has 0 atom stereocenters. The van der Waals surface area contributed by atoms with Crippen molar-refractivity contribution < 1.29 is 18.8 Å². The number of hydrogen-bond acceptors (Lipinski definition) is 5. The van der Waals surface area contributed by atoms with Gasteiger partial charge in [-0.15, -0.1) is 0 Å². The quantitative estimate of drug-likeness (QED) is 0.352. The van der Waals surface area contributed by atoms with E-state index >= 15 is 0 Å². The summed E-state index contributed by atoms with van der Waals surface area (Å²) in [6.07, 6.45) is 12.1. The van der Waals surface area contributed by atoms with Crippen LogP contribution >= 0.6 is 0 Å². The first-order valence-electron chi connectivity index (χ1n) is 11.5. The van der Waals surface area contributed by atoms with Crippen LogP contribution in [0.4, 0.5) is 0 Å². The van der Waals surface area contributed by atoms with Crippen molar-refractivity contribution in [1.29, 1.82) is 5.26 Å². The summed E-state index contributed by atoms with van der Waals surface area (Å²) in [4.78, 5) is 12.5. The lowest BCUT2D eigenvalue weighted by Crippen LogP contribution is -2.40. The number of carbonyl (C=O) groups is 1. The fourth-order valence-electron chi connectivity index (χ4n) is 4.88. The third-order valence-electron chi connectivity index (χ3n) is 6.84. The lowest BCUT2D eigenvalue weighted by atomic mass is 9.62. The van der Waals surface area contributed by atoms with Gasteiger partial charge in [0.05, 0.1) is 12.0 Å². The second kappa shape index (κ2) is 11.2. The first-order chi connectivity index (χ1) is 13.7. The second-order valence-electron chi connectivity index (χ2n) is 9.05. The van der Waals surface area contributed by atoms with Gasteiger partial charge >= 0.3 is 13.1 Å². The topological polar surface area (TPSA) is 68.5 Å². The van der Waals surface area contributed by atoms with Crippen molar-refractivity contribution >= 4 is 13.1 Å². The highest BCUT2D eigenvalue weighted by atomic mass is 16.6. The number of esters is 1. The van der Waals surface area contributed by atoms with E-state index in [0.29, 0.717) is 11.7 Å². The van der Waals surface area contributed by atoms with Gasteiger partial charge in [0, 0.05) is 25.0 Å². The Balaban J connectivity index is 1.32. The standard InChI is InChI=1S/C22H36BNO4/c1-2-3-4-5-18-15-26-23(27-16-18)20-10-8-19(9-11-20)22(25)28-21-12-6-17(14-24)7-13-21/h17-21H,2-13,15-16H2,1H3. The van der Waals surface area contributed by atoms with Crippen LogP contribution in [0.15, 0.2) is 0 Å². The molecule has 2 saturated carbocycles. The van der Waals surface area contributed by atoms with Gasteiger partial charge in [0.25, 0.3) is 0 Å². The molecule has 0 amide bonds. The van der Waals surface area contributed by atoms with Crippen LogP contribution in [-0.4, -0.2) is 32.4 Å². The Hall–Kier alpha value is -1.06. The molecular formula is C22H36BNO4. The van der Waals surface area contributed by atoms with Crippen molar-refractivity contribution in [1.82, 2.24) is 0 Å². The molecule has 0 aromatic rings. The molecule has 3 aliphatic rings. The van der Waals surface area contributed by atoms with Crippen LogP contribution in [0.3, 0.4) is 0 Å². The summed E-state index contributed by atoms with van der Waals surface area (Å²) < 4.78 is 17.8. The molecule has 0 radical (unpaired) electrons. The number of hydrogen-bond donors (Lipinski definition) is 0. The maximum Gasteiger partial charge on any atom is 0.460 e. The molecular weight excluding hydrogens is 353 g/mol. The number of nitriles is 1. The van der Waals surface area contributed by atoms with E-state index in [4.69, 9.17) is 19.3 Å². The lowest BCUT2D eigenvalue weighted by Gasteiger charge is -2.35. The Kier molecular flexibility index (Phi) is 8.67. The van der Waals surface area contributed by atoms with Gasteiger partial charge < -0.3 is 14.0 Å². The SMILES string of the molecule is CCCCCC1COB(C2CCC(C(=O)OC3CCC(C#N)CC3)CC2)OC1. The third kappa shape index (κ3) is 6.22. The maximum atomic E-state index is 12.5. The highest BCUT2D eigenvalue weighted by molar-refractivity contribution is 6.46. The number of carbonyl (C=O) groups excluding carboxylic acids is 1. The average molecular weight is 389 g/mol. The largest absolute Gasteiger partial charge is 0.462 e. The highest BCUT2D eigenvalue weighted by Crippen LogP contribution is 2.38. The minimum Gasteiger partial charge on any atom is -0.462 e. The summed E-state index contributed by atoms with van der Waals surface area (Å²) in [5.74, 6) is 1.10. The normalized spacial score (nSPS) is 31.9. The minimum atomic E-state index is -0.0827. The van der Waals surface area contributed by atoms with Crippen molar-refractivity contribution in [2.75, 3.05) is 13.2 Å². The fraction of sp³-hybridized carbons (Fsp3) is 0.909. The average Bonchev–Trinajstić information content (AvgIpc) is 2.75. The Morgan fingerprint density at radius 1 is 1.04 bits per heavy atom. The monoisotopic (exact) mass is 389 g/mol. The van der Waals surface area contributed by atoms with Gasteiger partial charge in [-0.2, -0.15) is 5.26 Å². The smallest absolute Gasteiger partial charge is 0.460 e. The molecule has 156 valence electrons. The van der Waals surface area contributed by atoms with E-state index in [1.165, 1.54) is 25.7 Å². The molecule has 1 heterocycles. The Morgan fingerprint density at radius 3 is 2.32 bits per heavy atom. The third-order valence-corrected chi connectivity index (χ3v) is 6.84. The minimum absolute atomic E-state index is 0.0180. The molecule has 6 heteroatoms. The Labute approximate surface area is 170 Å². The predicted octanol–water partition coefficient (Wildman–Crippen LogP) is 4.90. The lowest BCUT2D eigenvalue weighted by molar-refractivity contribution is -0.157. The van der Waals surface area contributed by atoms with Crippen LogP contribution in [-0.2, 0) is 18.8 Å². The Morgan fingerprint density at radius 2 is 1.71 bits per heavy atom. The molecule has 0 spiro atoms. The van der Waals surface area contributed by atoms with Crippen LogP contribution in [0.5, 0.6) is 0 Å². The van der Waals surface area contributed by atoms with E-state index in [9.17, 15) is 4.79 Å². The molecule has 0 bridgehead atoms. The van der Waals surface area contributed by atoms with Crippen LogP contribution in [0.25, 0.3) is 0 Å². The highest BCUT2D eigenvalue weighted by Gasteiger charge is 2.39. The zero-order valence-corrected chi connectivity index (χ0v) is 17.4. The molecule has 0 unspecified atom stereocenters. The van der Waals surface area contributed by atoms with Gasteiger partial charge in [-0.25, -0.2) is 0 Å². The van der Waals surface area contributed by atoms with Crippen LogP contribution < -0.4 is 0 Å². The van der Waals surface area contributed by atoms with Gasteiger partial charge in [-0.3, -0.25) is 4.79 Å². The zero-order valence-electron chi connectivity index (χ0n) is 17.4. The predicted molar refractivity (Wildman–Crippen MR) is 108 cm³/mol. The summed E-state index contributed by atoms with van der Waals surface area (Å²) in [6.45, 7) is 3.87. The van der Waals surface area contributed by atoms with Gasteiger partial charge in [0.1, 0.15) is 6.10 Å². The van der Waals surface area contributed by atoms with E-state index in [2.05, 4.69) is 13.0 Å². The first-order valence-corrected chi connectivity index (χ1v) is 11.5. The Bertz CT molecular complexity index is 513. The van der Waals surface area contributed by atoms with Gasteiger partial charge in [0.15, 0.2) is 0 Å². The van der Waals surface area contributed by atoms with E-state index < -0.39 is 0 Å². The van der Waals surface area contributed by atoms with E-state index in [-0.39, 0.29) is 31.0 Å². The van der Waals surface area contributed by atoms with Crippen molar-refractivity contribution in [3.05, 3.63) is 0 Å². The molecule has 0 N–H and O–H groups in total. The van der Waals surface area contributed by atoms with Gasteiger partial charge in [-0.1, -0.05) is 39.0 Å². The summed E-state index contributed by atoms with van der Waals surface area (Å²) in [5.41, 5.74) is 0. The molecule has 28 heavy (non-hydrogen) atoms. The number of nitrogens with zero attached hydrogens (tertiary/aromatic N) is 1. The first kappa shape index (κ1) is 21.6. The number of rotatable bonds is 7. The molecule has 3 rings (SSSR count). The van der Waals surface area contributed by atoms with Crippen molar-refractivity contribution in [3.63, 3.8) is 0 Å². The zero-order chi connectivity index (χ0) is 19.8. The molecule has 1 aliphatic heterocycles. The maximum absolute atomic E-state index is 12.5. The second-order valence-corrected chi connectivity index (χ2v) is 9.05. The van der Waals surface area contributed by atoms with Crippen molar-refractivity contribution in [3.8, 4) is 6.07 Å². The van der Waals surface area contributed by atoms with E-state index in [0.717, 1.165) is 64.6 Å².